The lowest BCUT2D eigenvalue weighted by Crippen LogP contribution is -2.55. The Morgan fingerprint density at radius 3 is 2.44 bits per heavy atom. The van der Waals surface area contributed by atoms with Gasteiger partial charge in [0.25, 0.3) is 0 Å². The van der Waals surface area contributed by atoms with E-state index in [1.807, 2.05) is 6.08 Å². The van der Waals surface area contributed by atoms with Crippen LogP contribution in [0.15, 0.2) is 23.6 Å². The van der Waals surface area contributed by atoms with Crippen molar-refractivity contribution in [1.29, 1.82) is 0 Å². The molecule has 0 bridgehead atoms. The van der Waals surface area contributed by atoms with E-state index in [-0.39, 0.29) is 47.3 Å². The van der Waals surface area contributed by atoms with Crippen LogP contribution in [0, 0.1) is 28.6 Å². The molecule has 190 valence electrons. The third-order valence-corrected chi connectivity index (χ3v) is 9.62. The van der Waals surface area contributed by atoms with E-state index in [1.54, 1.807) is 25.9 Å². The van der Waals surface area contributed by atoms with E-state index in [4.69, 9.17) is 0 Å². The van der Waals surface area contributed by atoms with E-state index < -0.39 is 21.0 Å². The summed E-state index contributed by atoms with van der Waals surface area (Å²) in [7, 11) is -2.43. The maximum atomic E-state index is 12.9. The van der Waals surface area contributed by atoms with Crippen LogP contribution in [0.2, 0.25) is 0 Å². The van der Waals surface area contributed by atoms with Gasteiger partial charge in [-0.2, -0.15) is 21.6 Å². The molecule has 1 saturated carbocycles. The zero-order chi connectivity index (χ0) is 25.3. The summed E-state index contributed by atoms with van der Waals surface area (Å²) in [6.07, 6.45) is 6.71. The molecule has 3 aliphatic carbocycles. The van der Waals surface area contributed by atoms with E-state index in [0.717, 1.165) is 5.70 Å². The van der Waals surface area contributed by atoms with Crippen LogP contribution in [0.25, 0.3) is 0 Å². The Morgan fingerprint density at radius 2 is 1.82 bits per heavy atom. The van der Waals surface area contributed by atoms with Crippen LogP contribution in [0.4, 0.5) is 13.2 Å². The molecular formula is C23H31F3N2O5S. The van der Waals surface area contributed by atoms with E-state index in [0.29, 0.717) is 38.5 Å². The van der Waals surface area contributed by atoms with Gasteiger partial charge in [0.05, 0.1) is 0 Å². The molecule has 2 fully saturated rings. The number of likely N-dealkylation sites (tertiary alicyclic amines) is 1. The average molecular weight is 505 g/mol. The highest BCUT2D eigenvalue weighted by atomic mass is 32.2. The lowest BCUT2D eigenvalue weighted by Gasteiger charge is -2.58. The largest absolute Gasteiger partial charge is 0.534 e. The molecule has 1 saturated heterocycles. The first kappa shape index (κ1) is 25.1. The predicted octanol–water partition coefficient (Wildman–Crippen LogP) is 3.79. The van der Waals surface area contributed by atoms with Crippen LogP contribution in [0.3, 0.4) is 0 Å². The van der Waals surface area contributed by atoms with E-state index in [1.165, 1.54) is 11.0 Å². The molecule has 11 heteroatoms. The fraction of sp³-hybridized carbons (Fsp3) is 0.739. The summed E-state index contributed by atoms with van der Waals surface area (Å²) in [5, 5.41) is 0. The molecular weight excluding hydrogens is 473 g/mol. The van der Waals surface area contributed by atoms with Crippen molar-refractivity contribution in [2.45, 2.75) is 57.9 Å². The Morgan fingerprint density at radius 1 is 1.15 bits per heavy atom. The van der Waals surface area contributed by atoms with Gasteiger partial charge in [-0.05, 0) is 55.9 Å². The summed E-state index contributed by atoms with van der Waals surface area (Å²) in [5.74, 6) is -0.127. The summed E-state index contributed by atoms with van der Waals surface area (Å²) in [6, 6.07) is 0. The molecule has 0 aromatic rings. The average Bonchev–Trinajstić information content (AvgIpc) is 3.05. The smallest absolute Gasteiger partial charge is 0.380 e. The molecule has 0 N–H and O–H groups in total. The van der Waals surface area contributed by atoms with Crippen molar-refractivity contribution in [1.82, 2.24) is 9.80 Å². The van der Waals surface area contributed by atoms with Gasteiger partial charge < -0.3 is 14.0 Å². The Hall–Kier alpha value is -2.04. The van der Waals surface area contributed by atoms with Gasteiger partial charge in [0.2, 0.25) is 11.8 Å². The molecule has 5 unspecified atom stereocenters. The minimum absolute atomic E-state index is 0.0133. The second-order valence-electron chi connectivity index (χ2n) is 10.6. The van der Waals surface area contributed by atoms with Crippen LogP contribution in [0.1, 0.15) is 52.4 Å². The summed E-state index contributed by atoms with van der Waals surface area (Å²) >= 11 is 0. The molecule has 0 radical (unpaired) electrons. The number of alkyl halides is 3. The predicted molar refractivity (Wildman–Crippen MR) is 117 cm³/mol. The van der Waals surface area contributed by atoms with Crippen molar-refractivity contribution >= 4 is 21.9 Å². The lowest BCUT2D eigenvalue weighted by molar-refractivity contribution is -0.143. The summed E-state index contributed by atoms with van der Waals surface area (Å²) in [5.41, 5.74) is -5.75. The number of amides is 2. The number of carbonyl (C=O) groups excluding carboxylic acids is 2. The maximum absolute atomic E-state index is 12.9. The summed E-state index contributed by atoms with van der Waals surface area (Å²) < 4.78 is 66.8. The number of nitrogens with zero attached hydrogens (tertiary/aromatic N) is 2. The van der Waals surface area contributed by atoms with Gasteiger partial charge >= 0.3 is 15.6 Å². The molecule has 5 atom stereocenters. The first-order valence-corrected chi connectivity index (χ1v) is 12.9. The van der Waals surface area contributed by atoms with Gasteiger partial charge in [0.1, 0.15) is 12.3 Å². The molecule has 0 spiro atoms. The Balaban J connectivity index is 1.61. The van der Waals surface area contributed by atoms with Crippen LogP contribution >= 0.6 is 0 Å². The highest BCUT2D eigenvalue weighted by Gasteiger charge is 2.60. The number of allylic oxidation sites excluding steroid dienone is 4. The van der Waals surface area contributed by atoms with E-state index >= 15 is 0 Å². The Labute approximate surface area is 198 Å². The number of likely N-dealkylation sites (N-methyl/N-ethyl adjacent to an activating group) is 1. The number of rotatable bonds is 4. The number of hydrogen-bond acceptors (Lipinski definition) is 5. The number of fused-ring (bicyclic) bond motifs is 5. The second kappa shape index (κ2) is 7.99. The van der Waals surface area contributed by atoms with Gasteiger partial charge in [0, 0.05) is 37.0 Å². The number of carbonyl (C=O) groups is 2. The SMILES string of the molecule is CN(C)C(=O)CN1C(=O)CCC2(C)C1=CCC1C3CC=C(OS(=O)(=O)C(F)(F)F)C3(C)CCC12. The zero-order valence-corrected chi connectivity index (χ0v) is 20.6. The minimum Gasteiger partial charge on any atom is -0.380 e. The van der Waals surface area contributed by atoms with Gasteiger partial charge in [-0.1, -0.05) is 19.9 Å². The third-order valence-electron chi connectivity index (χ3n) is 8.66. The van der Waals surface area contributed by atoms with E-state index in [9.17, 15) is 31.2 Å². The first-order chi connectivity index (χ1) is 15.6. The third kappa shape index (κ3) is 3.74. The quantitative estimate of drug-likeness (QED) is 0.430. The van der Waals surface area contributed by atoms with Crippen molar-refractivity contribution in [3.8, 4) is 0 Å². The van der Waals surface area contributed by atoms with Gasteiger partial charge in [-0.15, -0.1) is 0 Å². The first-order valence-electron chi connectivity index (χ1n) is 11.5. The molecule has 0 aromatic carbocycles. The van der Waals surface area contributed by atoms with Gasteiger partial charge in [-0.25, -0.2) is 0 Å². The minimum atomic E-state index is -5.72. The number of halogens is 3. The van der Waals surface area contributed by atoms with Crippen LogP contribution in [-0.4, -0.2) is 56.2 Å². The van der Waals surface area contributed by atoms with E-state index in [2.05, 4.69) is 11.1 Å². The van der Waals surface area contributed by atoms with Crippen molar-refractivity contribution in [2.24, 2.45) is 28.6 Å². The molecule has 34 heavy (non-hydrogen) atoms. The fourth-order valence-electron chi connectivity index (χ4n) is 6.72. The molecule has 7 nitrogen and oxygen atoms in total. The number of hydrogen-bond donors (Lipinski definition) is 0. The maximum Gasteiger partial charge on any atom is 0.534 e. The standard InChI is InChI=1S/C23H31F3N2O5S/c1-21-12-10-19(29)28(13-20(30)27(3)4)17(21)7-5-14-15-6-8-18(22(15,2)11-9-16(14)21)33-34(31,32)23(24,25)26/h7-8,14-16H,5-6,9-13H2,1-4H3. The van der Waals surface area contributed by atoms with Crippen LogP contribution < -0.4 is 0 Å². The molecule has 1 aliphatic heterocycles. The summed E-state index contributed by atoms with van der Waals surface area (Å²) in [4.78, 5) is 28.2. The topological polar surface area (TPSA) is 84.0 Å². The lowest BCUT2D eigenvalue weighted by atomic mass is 9.49. The highest BCUT2D eigenvalue weighted by molar-refractivity contribution is 7.87. The van der Waals surface area contributed by atoms with Crippen molar-refractivity contribution < 1.29 is 35.4 Å². The van der Waals surface area contributed by atoms with Crippen molar-refractivity contribution in [3.63, 3.8) is 0 Å². The zero-order valence-electron chi connectivity index (χ0n) is 19.8. The number of piperidine rings is 1. The van der Waals surface area contributed by atoms with Gasteiger partial charge in [-0.3, -0.25) is 9.59 Å². The van der Waals surface area contributed by atoms with Crippen LogP contribution in [-0.2, 0) is 23.9 Å². The summed E-state index contributed by atoms with van der Waals surface area (Å²) in [6.45, 7) is 3.90. The highest BCUT2D eigenvalue weighted by Crippen LogP contribution is 2.65. The van der Waals surface area contributed by atoms with Crippen LogP contribution in [0.5, 0.6) is 0 Å². The Kier molecular flexibility index (Phi) is 5.89. The molecule has 1 heterocycles. The molecule has 2 amide bonds. The second-order valence-corrected chi connectivity index (χ2v) is 12.2. The molecule has 4 rings (SSSR count). The van der Waals surface area contributed by atoms with Crippen molar-refractivity contribution in [3.05, 3.63) is 23.6 Å². The normalized spacial score (nSPS) is 35.6. The Bertz CT molecular complexity index is 1070. The van der Waals surface area contributed by atoms with Gasteiger partial charge in [0.15, 0.2) is 0 Å². The van der Waals surface area contributed by atoms with Crippen molar-refractivity contribution in [2.75, 3.05) is 20.6 Å². The fourth-order valence-corrected chi connectivity index (χ4v) is 7.31. The molecule has 0 aromatic heterocycles. The monoisotopic (exact) mass is 504 g/mol. The molecule has 4 aliphatic rings.